The molecular weight excluding hydrogens is 560 g/mol. The lowest BCUT2D eigenvalue weighted by Crippen LogP contribution is -2.54. The van der Waals surface area contributed by atoms with Crippen LogP contribution in [0, 0.1) is 17.2 Å². The molecule has 0 bridgehead atoms. The Labute approximate surface area is 241 Å². The van der Waals surface area contributed by atoms with E-state index in [2.05, 4.69) is 10.6 Å². The summed E-state index contributed by atoms with van der Waals surface area (Å²) in [7, 11) is -2.28. The third-order valence-electron chi connectivity index (χ3n) is 6.50. The largest absolute Gasteiger partial charge is 0.635 e. The molecule has 11 nitrogen and oxygen atoms in total. The Balaban J connectivity index is 1.67. The maximum atomic E-state index is 13.1. The Morgan fingerprint density at radius 3 is 2.71 bits per heavy atom. The first-order valence-corrected chi connectivity index (χ1v) is 13.5. The summed E-state index contributed by atoms with van der Waals surface area (Å²) < 4.78 is 55.1. The molecule has 1 aliphatic heterocycles. The fourth-order valence-corrected chi connectivity index (χ4v) is 4.64. The molecule has 42 heavy (non-hydrogen) atoms. The fourth-order valence-electron chi connectivity index (χ4n) is 4.64. The van der Waals surface area contributed by atoms with Crippen molar-refractivity contribution in [2.45, 2.75) is 57.6 Å². The highest BCUT2D eigenvalue weighted by Crippen LogP contribution is 2.23. The van der Waals surface area contributed by atoms with Crippen molar-refractivity contribution in [3.63, 3.8) is 0 Å². The van der Waals surface area contributed by atoms with E-state index in [0.29, 0.717) is 35.9 Å². The average Bonchev–Trinajstić information content (AvgIpc) is 3.55. The van der Waals surface area contributed by atoms with Gasteiger partial charge in [-0.3, -0.25) is 14.9 Å². The number of amides is 2. The molecule has 1 saturated heterocycles. The van der Waals surface area contributed by atoms with Gasteiger partial charge in [-0.15, -0.1) is 0 Å². The van der Waals surface area contributed by atoms with Gasteiger partial charge in [0.2, 0.25) is 5.91 Å². The molecule has 0 saturated carbocycles. The Morgan fingerprint density at radius 1 is 1.31 bits per heavy atom. The number of hydrogen-bond donors (Lipinski definition) is 4. The van der Waals surface area contributed by atoms with Crippen LogP contribution in [0.3, 0.4) is 0 Å². The van der Waals surface area contributed by atoms with E-state index in [1.54, 1.807) is 30.3 Å². The van der Waals surface area contributed by atoms with Crippen molar-refractivity contribution in [1.29, 1.82) is 5.26 Å². The number of nitrogens with zero attached hydrogens (tertiary/aromatic N) is 2. The summed E-state index contributed by atoms with van der Waals surface area (Å²) in [5.74, 6) is -1.41. The second kappa shape index (κ2) is 15.2. The molecule has 2 amide bonds. The normalized spacial score (nSPS) is 17.4. The van der Waals surface area contributed by atoms with E-state index in [1.807, 2.05) is 19.9 Å². The molecule has 2 aromatic rings. The monoisotopic (exact) mass is 594 g/mol. The third-order valence-corrected chi connectivity index (χ3v) is 6.50. The van der Waals surface area contributed by atoms with E-state index < -0.39 is 56.8 Å². The molecule has 4 N–H and O–H groups in total. The summed E-state index contributed by atoms with van der Waals surface area (Å²) in [6.07, 6.45) is -1.87. The summed E-state index contributed by atoms with van der Waals surface area (Å²) in [4.78, 5) is 27.5. The lowest BCUT2D eigenvalue weighted by molar-refractivity contribution is -0.136. The number of carbonyl (C=O) groups is 2. The van der Waals surface area contributed by atoms with E-state index in [1.165, 1.54) is 11.2 Å². The standard InChI is InChI=1S/C27H34BF3N4O7/c1-17(2)10-18(12-32)26(37)35-9-5-6-20(35)14-40-15-22(33-16-27(29,30)31)25(36)34-24(42-28(38)39)11-19-13-41-23-8-4-3-7-21(19)23/h3-4,7-8,10,13,17,20,22,24,33,38-39H,5-6,9,11,14-16H2,1-2H3,(H,34,36)/t20-,22+,24-/m1/s1. The van der Waals surface area contributed by atoms with Gasteiger partial charge in [-0.1, -0.05) is 38.1 Å². The van der Waals surface area contributed by atoms with Crippen LogP contribution >= 0.6 is 0 Å². The minimum absolute atomic E-state index is 0.00325. The van der Waals surface area contributed by atoms with E-state index in [9.17, 15) is 38.1 Å². The Morgan fingerprint density at radius 2 is 2.05 bits per heavy atom. The number of allylic oxidation sites excluding steroid dienone is 1. The molecule has 0 spiro atoms. The lowest BCUT2D eigenvalue weighted by atomic mass is 10.1. The number of halogens is 3. The van der Waals surface area contributed by atoms with Crippen molar-refractivity contribution in [3.05, 3.63) is 47.7 Å². The number of carbonyl (C=O) groups excluding carboxylic acids is 2. The van der Waals surface area contributed by atoms with Gasteiger partial charge >= 0.3 is 13.5 Å². The van der Waals surface area contributed by atoms with Crippen LogP contribution in [0.4, 0.5) is 13.2 Å². The minimum Gasteiger partial charge on any atom is -0.464 e. The minimum atomic E-state index is -4.63. The molecular formula is C27H34BF3N4O7. The highest BCUT2D eigenvalue weighted by molar-refractivity contribution is 6.32. The van der Waals surface area contributed by atoms with Gasteiger partial charge in [-0.2, -0.15) is 18.4 Å². The van der Waals surface area contributed by atoms with Gasteiger partial charge in [0.15, 0.2) is 0 Å². The van der Waals surface area contributed by atoms with Crippen molar-refractivity contribution in [1.82, 2.24) is 15.5 Å². The number of benzene rings is 1. The molecule has 15 heteroatoms. The average molecular weight is 594 g/mol. The number of likely N-dealkylation sites (tertiary alicyclic amines) is 1. The zero-order valence-electron chi connectivity index (χ0n) is 23.3. The summed E-state index contributed by atoms with van der Waals surface area (Å²) in [6, 6.07) is 6.95. The Bertz CT molecular complexity index is 1280. The molecule has 1 fully saturated rings. The van der Waals surface area contributed by atoms with Crippen molar-refractivity contribution in [2.24, 2.45) is 5.92 Å². The Kier molecular flexibility index (Phi) is 12.0. The van der Waals surface area contributed by atoms with Gasteiger partial charge in [0.25, 0.3) is 5.91 Å². The van der Waals surface area contributed by atoms with Gasteiger partial charge in [0.05, 0.1) is 32.1 Å². The van der Waals surface area contributed by atoms with Gasteiger partial charge in [-0.25, -0.2) is 0 Å². The molecule has 1 aromatic heterocycles. The Hall–Kier alpha value is -3.42. The maximum Gasteiger partial charge on any atom is 0.635 e. The van der Waals surface area contributed by atoms with Crippen LogP contribution in [-0.2, 0) is 25.4 Å². The molecule has 3 atom stereocenters. The van der Waals surface area contributed by atoms with Crippen molar-refractivity contribution >= 4 is 30.1 Å². The number of nitrogens with one attached hydrogen (secondary N) is 2. The number of hydrogen-bond acceptors (Lipinski definition) is 9. The fraction of sp³-hybridized carbons (Fsp3) is 0.519. The van der Waals surface area contributed by atoms with Crippen LogP contribution in [0.1, 0.15) is 32.3 Å². The van der Waals surface area contributed by atoms with Crippen LogP contribution in [-0.4, -0.2) is 84.9 Å². The number of alkyl halides is 3. The number of nitriles is 1. The number of ether oxygens (including phenoxy) is 1. The second-order valence-electron chi connectivity index (χ2n) is 10.2. The van der Waals surface area contributed by atoms with Crippen molar-refractivity contribution < 1.29 is 46.6 Å². The first-order chi connectivity index (χ1) is 19.9. The summed E-state index contributed by atoms with van der Waals surface area (Å²) in [5.41, 5.74) is 1.10. The smallest absolute Gasteiger partial charge is 0.464 e. The molecule has 1 aliphatic rings. The summed E-state index contributed by atoms with van der Waals surface area (Å²) in [5, 5.41) is 33.3. The van der Waals surface area contributed by atoms with Crippen molar-refractivity contribution in [3.8, 4) is 6.07 Å². The van der Waals surface area contributed by atoms with Crippen LogP contribution in [0.15, 0.2) is 46.6 Å². The van der Waals surface area contributed by atoms with E-state index in [4.69, 9.17) is 13.8 Å². The molecule has 2 heterocycles. The van der Waals surface area contributed by atoms with Crippen molar-refractivity contribution in [2.75, 3.05) is 26.3 Å². The molecule has 3 rings (SSSR count). The molecule has 0 radical (unpaired) electrons. The number of fused-ring (bicyclic) bond motifs is 1. The SMILES string of the molecule is CC(C)C=C(C#N)C(=O)N1CCC[C@@H]1COC[C@H](NCC(F)(F)F)C(=O)N[C@@H](Cc1coc2ccccc12)OB(O)O. The zero-order valence-corrected chi connectivity index (χ0v) is 23.3. The quantitative estimate of drug-likeness (QED) is 0.111. The predicted octanol–water partition coefficient (Wildman–Crippen LogP) is 2.04. The van der Waals surface area contributed by atoms with Crippen LogP contribution in [0.25, 0.3) is 11.0 Å². The predicted molar refractivity (Wildman–Crippen MR) is 145 cm³/mol. The number of rotatable bonds is 14. The maximum absolute atomic E-state index is 13.1. The van der Waals surface area contributed by atoms with Gasteiger partial charge in [0, 0.05) is 23.9 Å². The molecule has 228 valence electrons. The van der Waals surface area contributed by atoms with Crippen LogP contribution in [0.2, 0.25) is 0 Å². The number of para-hydroxylation sites is 1. The highest BCUT2D eigenvalue weighted by Gasteiger charge is 2.34. The van der Waals surface area contributed by atoms with E-state index in [-0.39, 0.29) is 24.5 Å². The van der Waals surface area contributed by atoms with Gasteiger partial charge in [0.1, 0.15) is 29.5 Å². The van der Waals surface area contributed by atoms with E-state index in [0.717, 1.165) is 0 Å². The molecule has 1 aromatic carbocycles. The van der Waals surface area contributed by atoms with Crippen LogP contribution < -0.4 is 10.6 Å². The molecule has 0 unspecified atom stereocenters. The summed E-state index contributed by atoms with van der Waals surface area (Å²) in [6.45, 7) is 2.02. The first-order valence-electron chi connectivity index (χ1n) is 13.5. The second-order valence-corrected chi connectivity index (χ2v) is 10.2. The van der Waals surface area contributed by atoms with Gasteiger partial charge in [-0.05, 0) is 24.8 Å². The van der Waals surface area contributed by atoms with Crippen LogP contribution in [0.5, 0.6) is 0 Å². The lowest BCUT2D eigenvalue weighted by Gasteiger charge is -2.27. The third kappa shape index (κ3) is 9.85. The van der Waals surface area contributed by atoms with Gasteiger partial charge < -0.3 is 34.1 Å². The topological polar surface area (TPSA) is 157 Å². The highest BCUT2D eigenvalue weighted by atomic mass is 19.4. The summed E-state index contributed by atoms with van der Waals surface area (Å²) >= 11 is 0. The molecule has 0 aliphatic carbocycles. The first kappa shape index (κ1) is 33.1. The number of furan rings is 1. The van der Waals surface area contributed by atoms with E-state index >= 15 is 0 Å². The zero-order chi connectivity index (χ0) is 30.9.